The summed E-state index contributed by atoms with van der Waals surface area (Å²) in [5.41, 5.74) is 6.24. The van der Waals surface area contributed by atoms with Gasteiger partial charge in [-0.15, -0.1) is 0 Å². The van der Waals surface area contributed by atoms with Crippen molar-refractivity contribution < 1.29 is 19.1 Å². The molecule has 0 aromatic heterocycles. The van der Waals surface area contributed by atoms with Gasteiger partial charge in [0.15, 0.2) is 11.5 Å². The zero-order valence-electron chi connectivity index (χ0n) is 14.3. The Hall–Kier alpha value is -2.35. The van der Waals surface area contributed by atoms with E-state index in [1.807, 2.05) is 0 Å². The zero-order chi connectivity index (χ0) is 19.8. The van der Waals surface area contributed by atoms with Crippen LogP contribution in [0.25, 0.3) is 0 Å². The molecular weight excluding hydrogens is 429 g/mol. The van der Waals surface area contributed by atoms with Crippen LogP contribution in [0.3, 0.4) is 0 Å². The Morgan fingerprint density at radius 2 is 1.79 bits per heavy atom. The number of ether oxygens (including phenoxy) is 2. The van der Waals surface area contributed by atoms with E-state index in [2.05, 4.69) is 10.9 Å². The number of fused-ring (bicyclic) bond motifs is 1. The lowest BCUT2D eigenvalue weighted by Gasteiger charge is -2.18. The summed E-state index contributed by atoms with van der Waals surface area (Å²) in [4.78, 5) is 26.5. The fraction of sp³-hybridized carbons (Fsp3) is 0.222. The maximum absolute atomic E-state index is 12.5. The van der Waals surface area contributed by atoms with E-state index in [9.17, 15) is 9.59 Å². The van der Waals surface area contributed by atoms with E-state index in [0.717, 1.165) is 0 Å². The molecule has 1 saturated heterocycles. The van der Waals surface area contributed by atoms with Crippen LogP contribution in [0, 0.1) is 5.92 Å². The van der Waals surface area contributed by atoms with Gasteiger partial charge in [0.05, 0.1) is 21.7 Å². The van der Waals surface area contributed by atoms with Gasteiger partial charge in [-0.25, -0.2) is 0 Å². The predicted octanol–water partition coefficient (Wildman–Crippen LogP) is 3.87. The van der Waals surface area contributed by atoms with Gasteiger partial charge in [0, 0.05) is 29.7 Å². The second-order valence-corrected chi connectivity index (χ2v) is 7.55. The number of benzene rings is 2. The first-order valence-corrected chi connectivity index (χ1v) is 9.46. The molecule has 7 nitrogen and oxygen atoms in total. The smallest absolute Gasteiger partial charge is 0.243 e. The summed E-state index contributed by atoms with van der Waals surface area (Å²) in [6, 6.07) is 8.24. The van der Waals surface area contributed by atoms with Crippen LogP contribution in [-0.4, -0.2) is 25.2 Å². The van der Waals surface area contributed by atoms with E-state index in [0.29, 0.717) is 27.9 Å². The number of nitrogens with zero attached hydrogens (tertiary/aromatic N) is 1. The summed E-state index contributed by atoms with van der Waals surface area (Å²) < 4.78 is 10.6. The third kappa shape index (κ3) is 3.65. The Bertz CT molecular complexity index is 946. The third-order valence-corrected chi connectivity index (χ3v) is 5.30. The van der Waals surface area contributed by atoms with Crippen LogP contribution in [0.4, 0.5) is 11.4 Å². The van der Waals surface area contributed by atoms with Crippen molar-refractivity contribution >= 4 is 58.0 Å². The van der Waals surface area contributed by atoms with Crippen LogP contribution >= 0.6 is 34.8 Å². The molecular formula is C18H14Cl3N3O4. The van der Waals surface area contributed by atoms with Crippen LogP contribution in [-0.2, 0) is 9.59 Å². The van der Waals surface area contributed by atoms with Gasteiger partial charge >= 0.3 is 0 Å². The highest BCUT2D eigenvalue weighted by Gasteiger charge is 2.35. The van der Waals surface area contributed by atoms with Crippen LogP contribution < -0.4 is 25.2 Å². The Labute approximate surface area is 175 Å². The molecule has 0 saturated carbocycles. The number of carbonyl (C=O) groups is 2. The van der Waals surface area contributed by atoms with Crippen molar-refractivity contribution in [3.8, 4) is 11.5 Å². The number of anilines is 2. The molecule has 0 aliphatic carbocycles. The minimum Gasteiger partial charge on any atom is -0.454 e. The van der Waals surface area contributed by atoms with Crippen LogP contribution in [0.5, 0.6) is 11.5 Å². The lowest BCUT2D eigenvalue weighted by atomic mass is 10.1. The number of hydrogen-bond donors (Lipinski definition) is 2. The molecule has 0 unspecified atom stereocenters. The van der Waals surface area contributed by atoms with Gasteiger partial charge in [0.2, 0.25) is 18.6 Å². The van der Waals surface area contributed by atoms with Crippen LogP contribution in [0.2, 0.25) is 15.1 Å². The average Bonchev–Trinajstić information content (AvgIpc) is 3.26. The predicted molar refractivity (Wildman–Crippen MR) is 106 cm³/mol. The summed E-state index contributed by atoms with van der Waals surface area (Å²) in [5.74, 6) is 0.174. The molecule has 1 fully saturated rings. The normalized spacial score (nSPS) is 17.8. The number of nitrogens with one attached hydrogen (secondary N) is 2. The van der Waals surface area contributed by atoms with Crippen molar-refractivity contribution in [2.24, 2.45) is 5.92 Å². The van der Waals surface area contributed by atoms with E-state index in [1.54, 1.807) is 23.1 Å². The van der Waals surface area contributed by atoms with E-state index in [1.165, 1.54) is 12.1 Å². The lowest BCUT2D eigenvalue weighted by molar-refractivity contribution is -0.125. The molecule has 4 rings (SSSR count). The Morgan fingerprint density at radius 1 is 1.07 bits per heavy atom. The highest BCUT2D eigenvalue weighted by molar-refractivity contribution is 6.41. The summed E-state index contributed by atoms with van der Waals surface area (Å²) in [5, 5.41) is 0.914. The first-order valence-electron chi connectivity index (χ1n) is 8.33. The fourth-order valence-corrected chi connectivity index (χ4v) is 3.99. The number of hydrogen-bond acceptors (Lipinski definition) is 5. The van der Waals surface area contributed by atoms with Crippen molar-refractivity contribution in [1.82, 2.24) is 5.43 Å². The Morgan fingerprint density at radius 3 is 2.54 bits per heavy atom. The number of amides is 2. The van der Waals surface area contributed by atoms with Gasteiger partial charge in [-0.3, -0.25) is 20.4 Å². The van der Waals surface area contributed by atoms with Gasteiger partial charge in [-0.1, -0.05) is 34.8 Å². The quantitative estimate of drug-likeness (QED) is 0.703. The van der Waals surface area contributed by atoms with Gasteiger partial charge in [0.1, 0.15) is 0 Å². The van der Waals surface area contributed by atoms with E-state index in [4.69, 9.17) is 44.3 Å². The summed E-state index contributed by atoms with van der Waals surface area (Å²) in [6.45, 7) is 0.396. The molecule has 2 aliphatic heterocycles. The van der Waals surface area contributed by atoms with Crippen LogP contribution in [0.15, 0.2) is 30.3 Å². The van der Waals surface area contributed by atoms with Gasteiger partial charge in [-0.05, 0) is 24.3 Å². The highest BCUT2D eigenvalue weighted by atomic mass is 35.5. The third-order valence-electron chi connectivity index (χ3n) is 4.48. The van der Waals surface area contributed by atoms with E-state index < -0.39 is 5.92 Å². The van der Waals surface area contributed by atoms with Crippen LogP contribution in [0.1, 0.15) is 6.42 Å². The Kier molecular flexibility index (Phi) is 5.14. The van der Waals surface area contributed by atoms with Crippen molar-refractivity contribution in [2.75, 3.05) is 23.7 Å². The topological polar surface area (TPSA) is 79.9 Å². The van der Waals surface area contributed by atoms with Gasteiger partial charge in [-0.2, -0.15) is 0 Å². The van der Waals surface area contributed by atoms with Crippen molar-refractivity contribution in [2.45, 2.75) is 6.42 Å². The second-order valence-electron chi connectivity index (χ2n) is 6.30. The Balaban J connectivity index is 1.42. The van der Waals surface area contributed by atoms with Crippen molar-refractivity contribution in [3.63, 3.8) is 0 Å². The maximum atomic E-state index is 12.5. The lowest BCUT2D eigenvalue weighted by Crippen LogP contribution is -2.36. The molecule has 28 heavy (non-hydrogen) atoms. The first kappa shape index (κ1) is 19.0. The molecule has 2 aromatic rings. The molecule has 0 bridgehead atoms. The number of halogens is 3. The maximum Gasteiger partial charge on any atom is 0.243 e. The molecule has 2 aliphatic rings. The summed E-state index contributed by atoms with van der Waals surface area (Å²) in [6.07, 6.45) is 0.0873. The molecule has 10 heteroatoms. The monoisotopic (exact) mass is 441 g/mol. The minimum absolute atomic E-state index is 0.0873. The number of hydrazine groups is 1. The number of carbonyl (C=O) groups excluding carboxylic acids is 2. The molecule has 2 heterocycles. The second kappa shape index (κ2) is 7.58. The molecule has 2 aromatic carbocycles. The van der Waals surface area contributed by atoms with E-state index >= 15 is 0 Å². The average molecular weight is 443 g/mol. The summed E-state index contributed by atoms with van der Waals surface area (Å²) in [7, 11) is 0. The van der Waals surface area contributed by atoms with Crippen molar-refractivity contribution in [1.29, 1.82) is 0 Å². The molecule has 0 radical (unpaired) electrons. The van der Waals surface area contributed by atoms with Crippen molar-refractivity contribution in [3.05, 3.63) is 45.4 Å². The van der Waals surface area contributed by atoms with Gasteiger partial charge in [0.25, 0.3) is 0 Å². The zero-order valence-corrected chi connectivity index (χ0v) is 16.6. The van der Waals surface area contributed by atoms with Gasteiger partial charge < -0.3 is 14.4 Å². The SMILES string of the molecule is O=C(NNc1c(Cl)cc(Cl)cc1Cl)[C@@H]1CC(=O)N(c2ccc3c(c2)OCO3)C1. The molecule has 2 amide bonds. The highest BCUT2D eigenvalue weighted by Crippen LogP contribution is 2.37. The molecule has 1 atom stereocenters. The first-order chi connectivity index (χ1) is 13.4. The molecule has 146 valence electrons. The number of rotatable bonds is 4. The fourth-order valence-electron chi connectivity index (χ4n) is 3.07. The molecule has 0 spiro atoms. The largest absolute Gasteiger partial charge is 0.454 e. The minimum atomic E-state index is -0.532. The standard InChI is InChI=1S/C18H14Cl3N3O4/c19-10-4-12(20)17(13(21)5-10)22-23-18(26)9-3-16(25)24(7-9)11-1-2-14-15(6-11)28-8-27-14/h1-2,4-6,9,22H,3,7-8H2,(H,23,26)/t9-/m1/s1. The summed E-state index contributed by atoms with van der Waals surface area (Å²) >= 11 is 18.0. The van der Waals surface area contributed by atoms with E-state index in [-0.39, 0.29) is 41.6 Å². The molecule has 2 N–H and O–H groups in total.